The standard InChI is InChI=1S/C14H27NO2/c1-11(2)9-14(7-5-6-8-14)12(17)15-13(3,4)10-16/h11,16H,5-10H2,1-4H3,(H,15,17). The number of aliphatic hydroxyl groups is 1. The van der Waals surface area contributed by atoms with Crippen LogP contribution in [0.1, 0.15) is 59.8 Å². The van der Waals surface area contributed by atoms with Gasteiger partial charge in [0.25, 0.3) is 0 Å². The molecule has 1 amide bonds. The summed E-state index contributed by atoms with van der Waals surface area (Å²) >= 11 is 0. The molecule has 3 nitrogen and oxygen atoms in total. The highest BCUT2D eigenvalue weighted by Gasteiger charge is 2.42. The van der Waals surface area contributed by atoms with Crippen LogP contribution in [0.25, 0.3) is 0 Å². The Hall–Kier alpha value is -0.570. The molecule has 0 aromatic carbocycles. The lowest BCUT2D eigenvalue weighted by molar-refractivity contribution is -0.134. The van der Waals surface area contributed by atoms with Crippen LogP contribution < -0.4 is 5.32 Å². The second-order valence-corrected chi connectivity index (χ2v) is 6.58. The molecule has 0 bridgehead atoms. The number of amides is 1. The predicted molar refractivity (Wildman–Crippen MR) is 69.7 cm³/mol. The summed E-state index contributed by atoms with van der Waals surface area (Å²) in [5, 5.41) is 12.2. The maximum absolute atomic E-state index is 12.5. The first-order valence-corrected chi connectivity index (χ1v) is 6.75. The third kappa shape index (κ3) is 3.70. The Labute approximate surface area is 105 Å². The van der Waals surface area contributed by atoms with Crippen LogP contribution in [0, 0.1) is 11.3 Å². The smallest absolute Gasteiger partial charge is 0.226 e. The van der Waals surface area contributed by atoms with E-state index in [0.717, 1.165) is 32.1 Å². The van der Waals surface area contributed by atoms with Gasteiger partial charge in [-0.15, -0.1) is 0 Å². The van der Waals surface area contributed by atoms with Crippen molar-refractivity contribution in [1.29, 1.82) is 0 Å². The minimum absolute atomic E-state index is 0.0174. The predicted octanol–water partition coefficient (Wildman–Crippen LogP) is 2.48. The summed E-state index contributed by atoms with van der Waals surface area (Å²) in [6, 6.07) is 0. The fourth-order valence-corrected chi connectivity index (χ4v) is 2.84. The van der Waals surface area contributed by atoms with Crippen LogP contribution in [0.15, 0.2) is 0 Å². The number of carbonyl (C=O) groups is 1. The van der Waals surface area contributed by atoms with Gasteiger partial charge in [0.05, 0.1) is 12.1 Å². The van der Waals surface area contributed by atoms with Crippen molar-refractivity contribution in [2.24, 2.45) is 11.3 Å². The molecule has 0 aliphatic heterocycles. The Morgan fingerprint density at radius 2 is 1.88 bits per heavy atom. The Bertz CT molecular complexity index is 265. The van der Waals surface area contributed by atoms with Crippen LogP contribution in [0.3, 0.4) is 0 Å². The van der Waals surface area contributed by atoms with Gasteiger partial charge in [-0.1, -0.05) is 26.7 Å². The molecule has 100 valence electrons. The van der Waals surface area contributed by atoms with Gasteiger partial charge in [0.15, 0.2) is 0 Å². The number of aliphatic hydroxyl groups excluding tert-OH is 1. The van der Waals surface area contributed by atoms with Crippen LogP contribution in [-0.4, -0.2) is 23.2 Å². The fraction of sp³-hybridized carbons (Fsp3) is 0.929. The van der Waals surface area contributed by atoms with Crippen LogP contribution in [-0.2, 0) is 4.79 Å². The van der Waals surface area contributed by atoms with Crippen molar-refractivity contribution in [2.45, 2.75) is 65.3 Å². The SMILES string of the molecule is CC(C)CC1(C(=O)NC(C)(C)CO)CCCC1. The van der Waals surface area contributed by atoms with E-state index in [4.69, 9.17) is 0 Å². The van der Waals surface area contributed by atoms with Gasteiger partial charge in [0.1, 0.15) is 0 Å². The van der Waals surface area contributed by atoms with Gasteiger partial charge in [0, 0.05) is 5.41 Å². The van der Waals surface area contributed by atoms with E-state index >= 15 is 0 Å². The molecule has 1 rings (SSSR count). The zero-order valence-electron chi connectivity index (χ0n) is 11.7. The lowest BCUT2D eigenvalue weighted by Crippen LogP contribution is -2.52. The van der Waals surface area contributed by atoms with Crippen molar-refractivity contribution in [3.63, 3.8) is 0 Å². The summed E-state index contributed by atoms with van der Waals surface area (Å²) in [6.45, 7) is 8.05. The van der Waals surface area contributed by atoms with E-state index in [1.807, 2.05) is 13.8 Å². The molecule has 0 unspecified atom stereocenters. The minimum Gasteiger partial charge on any atom is -0.394 e. The maximum atomic E-state index is 12.5. The van der Waals surface area contributed by atoms with E-state index in [0.29, 0.717) is 5.92 Å². The van der Waals surface area contributed by atoms with Gasteiger partial charge in [-0.3, -0.25) is 4.79 Å². The number of carbonyl (C=O) groups excluding carboxylic acids is 1. The highest BCUT2D eigenvalue weighted by Crippen LogP contribution is 2.43. The van der Waals surface area contributed by atoms with E-state index in [1.54, 1.807) is 0 Å². The Balaban J connectivity index is 2.74. The molecule has 3 heteroatoms. The van der Waals surface area contributed by atoms with Crippen LogP contribution >= 0.6 is 0 Å². The largest absolute Gasteiger partial charge is 0.394 e. The lowest BCUT2D eigenvalue weighted by Gasteiger charge is -2.34. The zero-order chi connectivity index (χ0) is 13.1. The fourth-order valence-electron chi connectivity index (χ4n) is 2.84. The monoisotopic (exact) mass is 241 g/mol. The first kappa shape index (κ1) is 14.5. The molecule has 17 heavy (non-hydrogen) atoms. The summed E-state index contributed by atoms with van der Waals surface area (Å²) in [5.74, 6) is 0.679. The summed E-state index contributed by atoms with van der Waals surface area (Å²) < 4.78 is 0. The van der Waals surface area contributed by atoms with Crippen molar-refractivity contribution in [2.75, 3.05) is 6.61 Å². The third-order valence-corrected chi connectivity index (χ3v) is 3.69. The number of hydrogen-bond donors (Lipinski definition) is 2. The second kappa shape index (κ2) is 5.38. The van der Waals surface area contributed by atoms with Crippen molar-refractivity contribution >= 4 is 5.91 Å². The van der Waals surface area contributed by atoms with Gasteiger partial charge in [0.2, 0.25) is 5.91 Å². The molecule has 0 saturated heterocycles. The summed E-state index contributed by atoms with van der Waals surface area (Å²) in [7, 11) is 0. The van der Waals surface area contributed by atoms with Crippen molar-refractivity contribution in [3.8, 4) is 0 Å². The zero-order valence-corrected chi connectivity index (χ0v) is 11.7. The molecule has 2 N–H and O–H groups in total. The third-order valence-electron chi connectivity index (χ3n) is 3.69. The number of rotatable bonds is 5. The first-order chi connectivity index (χ1) is 7.81. The van der Waals surface area contributed by atoms with E-state index in [-0.39, 0.29) is 17.9 Å². The van der Waals surface area contributed by atoms with E-state index < -0.39 is 5.54 Å². The molecular weight excluding hydrogens is 214 g/mol. The molecule has 1 aliphatic carbocycles. The van der Waals surface area contributed by atoms with E-state index in [1.165, 1.54) is 0 Å². The Morgan fingerprint density at radius 1 is 1.35 bits per heavy atom. The molecule has 0 spiro atoms. The van der Waals surface area contributed by atoms with Crippen molar-refractivity contribution < 1.29 is 9.90 Å². The van der Waals surface area contributed by atoms with Crippen LogP contribution in [0.2, 0.25) is 0 Å². The molecule has 1 fully saturated rings. The van der Waals surface area contributed by atoms with E-state index in [9.17, 15) is 9.90 Å². The van der Waals surface area contributed by atoms with Crippen LogP contribution in [0.4, 0.5) is 0 Å². The number of nitrogens with one attached hydrogen (secondary N) is 1. The summed E-state index contributed by atoms with van der Waals surface area (Å²) in [4.78, 5) is 12.5. The van der Waals surface area contributed by atoms with Crippen molar-refractivity contribution in [3.05, 3.63) is 0 Å². The topological polar surface area (TPSA) is 49.3 Å². The highest BCUT2D eigenvalue weighted by molar-refractivity contribution is 5.83. The minimum atomic E-state index is -0.510. The second-order valence-electron chi connectivity index (χ2n) is 6.58. The molecule has 0 aromatic heterocycles. The van der Waals surface area contributed by atoms with Gasteiger partial charge in [-0.05, 0) is 39.0 Å². The molecule has 1 aliphatic rings. The first-order valence-electron chi connectivity index (χ1n) is 6.75. The van der Waals surface area contributed by atoms with Gasteiger partial charge in [-0.2, -0.15) is 0 Å². The van der Waals surface area contributed by atoms with Gasteiger partial charge in [-0.25, -0.2) is 0 Å². The molecule has 0 radical (unpaired) electrons. The van der Waals surface area contributed by atoms with Gasteiger partial charge < -0.3 is 10.4 Å². The van der Waals surface area contributed by atoms with Gasteiger partial charge >= 0.3 is 0 Å². The lowest BCUT2D eigenvalue weighted by atomic mass is 9.77. The summed E-state index contributed by atoms with van der Waals surface area (Å²) in [5.41, 5.74) is -0.690. The molecule has 0 atom stereocenters. The molecule has 0 aromatic rings. The van der Waals surface area contributed by atoms with Crippen LogP contribution in [0.5, 0.6) is 0 Å². The highest BCUT2D eigenvalue weighted by atomic mass is 16.3. The average molecular weight is 241 g/mol. The quantitative estimate of drug-likeness (QED) is 0.777. The average Bonchev–Trinajstić information content (AvgIpc) is 2.66. The molecular formula is C14H27NO2. The molecule has 0 heterocycles. The molecule has 1 saturated carbocycles. The normalized spacial score (nSPS) is 19.6. The Morgan fingerprint density at radius 3 is 2.29 bits per heavy atom. The summed E-state index contributed by atoms with van der Waals surface area (Å²) in [6.07, 6.45) is 5.26. The van der Waals surface area contributed by atoms with Crippen molar-refractivity contribution in [1.82, 2.24) is 5.32 Å². The van der Waals surface area contributed by atoms with E-state index in [2.05, 4.69) is 19.2 Å². The number of hydrogen-bond acceptors (Lipinski definition) is 2. The Kier molecular flexibility index (Phi) is 4.59. The maximum Gasteiger partial charge on any atom is 0.226 e.